The van der Waals surface area contributed by atoms with Gasteiger partial charge in [0.25, 0.3) is 0 Å². The van der Waals surface area contributed by atoms with Crippen molar-refractivity contribution in [2.24, 2.45) is 0 Å². The molecule has 0 radical (unpaired) electrons. The molecular weight excluding hydrogens is 272 g/mol. The molecule has 0 saturated carbocycles. The van der Waals surface area contributed by atoms with E-state index in [9.17, 15) is 0 Å². The average Bonchev–Trinajstić information content (AvgIpc) is 2.86. The van der Waals surface area contributed by atoms with Crippen molar-refractivity contribution in [1.29, 1.82) is 0 Å². The number of aromatic nitrogens is 3. The van der Waals surface area contributed by atoms with Crippen molar-refractivity contribution >= 4 is 23.4 Å². The van der Waals surface area contributed by atoms with E-state index in [0.29, 0.717) is 0 Å². The van der Waals surface area contributed by atoms with Crippen LogP contribution in [0.15, 0.2) is 36.5 Å². The molecule has 5 heteroatoms. The summed E-state index contributed by atoms with van der Waals surface area (Å²) in [4.78, 5) is 12.6. The molecule has 0 amide bonds. The van der Waals surface area contributed by atoms with Crippen LogP contribution >= 0.6 is 12.4 Å². The first-order valence-electron chi connectivity index (χ1n) is 6.54. The molecule has 0 unspecified atom stereocenters. The van der Waals surface area contributed by atoms with Gasteiger partial charge in [0.05, 0.1) is 17.2 Å². The van der Waals surface area contributed by atoms with Gasteiger partial charge in [0.15, 0.2) is 5.82 Å². The molecule has 4 rings (SSSR count). The SMILES string of the molecule is Cl.c1ccc(-c2ncc3[nH]c4c(c3n2)CNCC4)cc1. The molecule has 2 N–H and O–H groups in total. The predicted molar refractivity (Wildman–Crippen MR) is 82.0 cm³/mol. The third kappa shape index (κ3) is 2.07. The van der Waals surface area contributed by atoms with Crippen LogP contribution in [0, 0.1) is 0 Å². The smallest absolute Gasteiger partial charge is 0.159 e. The first-order chi connectivity index (χ1) is 9.42. The summed E-state index contributed by atoms with van der Waals surface area (Å²) in [5, 5.41) is 3.40. The maximum absolute atomic E-state index is 4.74. The molecular formula is C15H15ClN4. The number of benzene rings is 1. The number of hydrogen-bond donors (Lipinski definition) is 2. The van der Waals surface area contributed by atoms with Gasteiger partial charge in [-0.15, -0.1) is 12.4 Å². The maximum Gasteiger partial charge on any atom is 0.159 e. The predicted octanol–water partition coefficient (Wildman–Crippen LogP) is 2.69. The van der Waals surface area contributed by atoms with Crippen LogP contribution < -0.4 is 5.32 Å². The van der Waals surface area contributed by atoms with Gasteiger partial charge in [0.1, 0.15) is 0 Å². The monoisotopic (exact) mass is 286 g/mol. The molecule has 20 heavy (non-hydrogen) atoms. The Morgan fingerprint density at radius 2 is 1.95 bits per heavy atom. The zero-order chi connectivity index (χ0) is 12.7. The largest absolute Gasteiger partial charge is 0.355 e. The van der Waals surface area contributed by atoms with Gasteiger partial charge in [0.2, 0.25) is 0 Å². The Labute approximate surface area is 123 Å². The number of hydrogen-bond acceptors (Lipinski definition) is 3. The van der Waals surface area contributed by atoms with Crippen molar-refractivity contribution in [1.82, 2.24) is 20.3 Å². The van der Waals surface area contributed by atoms with Gasteiger partial charge in [0, 0.05) is 36.3 Å². The fourth-order valence-electron chi connectivity index (χ4n) is 2.64. The Morgan fingerprint density at radius 1 is 1.10 bits per heavy atom. The molecule has 102 valence electrons. The highest BCUT2D eigenvalue weighted by molar-refractivity contribution is 5.85. The molecule has 4 nitrogen and oxygen atoms in total. The summed E-state index contributed by atoms with van der Waals surface area (Å²) in [5.41, 5.74) is 5.74. The third-order valence-electron chi connectivity index (χ3n) is 3.61. The summed E-state index contributed by atoms with van der Waals surface area (Å²) < 4.78 is 0. The fraction of sp³-hybridized carbons (Fsp3) is 0.200. The van der Waals surface area contributed by atoms with Crippen LogP contribution in [-0.4, -0.2) is 21.5 Å². The lowest BCUT2D eigenvalue weighted by molar-refractivity contribution is 0.640. The van der Waals surface area contributed by atoms with Crippen molar-refractivity contribution in [2.75, 3.05) is 6.54 Å². The Balaban J connectivity index is 0.00000121. The summed E-state index contributed by atoms with van der Waals surface area (Å²) in [5.74, 6) is 0.792. The summed E-state index contributed by atoms with van der Waals surface area (Å²) in [6, 6.07) is 10.1. The van der Waals surface area contributed by atoms with E-state index in [1.54, 1.807) is 0 Å². The summed E-state index contributed by atoms with van der Waals surface area (Å²) >= 11 is 0. The summed E-state index contributed by atoms with van der Waals surface area (Å²) in [6.45, 7) is 1.92. The molecule has 2 aromatic heterocycles. The normalized spacial score (nSPS) is 13.8. The lowest BCUT2D eigenvalue weighted by atomic mass is 10.1. The minimum absolute atomic E-state index is 0. The van der Waals surface area contributed by atoms with Crippen LogP contribution in [0.25, 0.3) is 22.4 Å². The van der Waals surface area contributed by atoms with Crippen LogP contribution in [0.2, 0.25) is 0 Å². The van der Waals surface area contributed by atoms with Crippen molar-refractivity contribution in [2.45, 2.75) is 13.0 Å². The molecule has 0 spiro atoms. The second-order valence-electron chi connectivity index (χ2n) is 4.83. The van der Waals surface area contributed by atoms with Crippen LogP contribution in [0.4, 0.5) is 0 Å². The van der Waals surface area contributed by atoms with E-state index >= 15 is 0 Å². The molecule has 0 aliphatic carbocycles. The molecule has 1 aromatic carbocycles. The van der Waals surface area contributed by atoms with E-state index in [-0.39, 0.29) is 12.4 Å². The van der Waals surface area contributed by atoms with Gasteiger partial charge in [-0.1, -0.05) is 30.3 Å². The van der Waals surface area contributed by atoms with E-state index in [0.717, 1.165) is 41.9 Å². The van der Waals surface area contributed by atoms with Crippen LogP contribution in [0.5, 0.6) is 0 Å². The van der Waals surface area contributed by atoms with E-state index in [1.807, 2.05) is 36.5 Å². The number of fused-ring (bicyclic) bond motifs is 3. The van der Waals surface area contributed by atoms with Gasteiger partial charge in [-0.3, -0.25) is 0 Å². The molecule has 3 heterocycles. The van der Waals surface area contributed by atoms with Gasteiger partial charge in [-0.2, -0.15) is 0 Å². The Hall–Kier alpha value is -1.91. The summed E-state index contributed by atoms with van der Waals surface area (Å²) in [6.07, 6.45) is 2.93. The van der Waals surface area contributed by atoms with Crippen LogP contribution in [0.1, 0.15) is 11.3 Å². The molecule has 1 aliphatic heterocycles. The molecule has 0 fully saturated rings. The lowest BCUT2D eigenvalue weighted by Gasteiger charge is -2.12. The Kier molecular flexibility index (Phi) is 3.42. The van der Waals surface area contributed by atoms with E-state index in [2.05, 4.69) is 15.3 Å². The highest BCUT2D eigenvalue weighted by Gasteiger charge is 2.16. The lowest BCUT2D eigenvalue weighted by Crippen LogP contribution is -2.23. The van der Waals surface area contributed by atoms with Gasteiger partial charge in [-0.05, 0) is 0 Å². The minimum Gasteiger partial charge on any atom is -0.355 e. The van der Waals surface area contributed by atoms with Crippen molar-refractivity contribution < 1.29 is 0 Å². The number of nitrogens with zero attached hydrogens (tertiary/aromatic N) is 2. The maximum atomic E-state index is 4.74. The number of H-pyrrole nitrogens is 1. The topological polar surface area (TPSA) is 53.6 Å². The average molecular weight is 287 g/mol. The number of rotatable bonds is 1. The number of aromatic amines is 1. The minimum atomic E-state index is 0. The molecule has 0 bridgehead atoms. The quantitative estimate of drug-likeness (QED) is 0.723. The number of halogens is 1. The molecule has 1 aliphatic rings. The third-order valence-corrected chi connectivity index (χ3v) is 3.61. The summed E-state index contributed by atoms with van der Waals surface area (Å²) in [7, 11) is 0. The standard InChI is InChI=1S/C15H14N4.ClH/c1-2-4-10(5-3-1)15-17-9-13-14(19-15)11-8-16-7-6-12(11)18-13;/h1-5,9,16,18H,6-8H2;1H. The van der Waals surface area contributed by atoms with Crippen LogP contribution in [-0.2, 0) is 13.0 Å². The highest BCUT2D eigenvalue weighted by atomic mass is 35.5. The second kappa shape index (κ2) is 5.23. The highest BCUT2D eigenvalue weighted by Crippen LogP contribution is 2.25. The zero-order valence-electron chi connectivity index (χ0n) is 10.9. The van der Waals surface area contributed by atoms with E-state index < -0.39 is 0 Å². The first-order valence-corrected chi connectivity index (χ1v) is 6.54. The van der Waals surface area contributed by atoms with Gasteiger partial charge >= 0.3 is 0 Å². The second-order valence-corrected chi connectivity index (χ2v) is 4.83. The fourth-order valence-corrected chi connectivity index (χ4v) is 2.64. The Morgan fingerprint density at radius 3 is 2.80 bits per heavy atom. The van der Waals surface area contributed by atoms with Gasteiger partial charge in [-0.25, -0.2) is 9.97 Å². The number of nitrogens with one attached hydrogen (secondary N) is 2. The van der Waals surface area contributed by atoms with Crippen molar-refractivity contribution in [3.8, 4) is 11.4 Å². The molecule has 0 saturated heterocycles. The van der Waals surface area contributed by atoms with Gasteiger partial charge < -0.3 is 10.3 Å². The zero-order valence-corrected chi connectivity index (χ0v) is 11.7. The van der Waals surface area contributed by atoms with E-state index in [4.69, 9.17) is 4.98 Å². The van der Waals surface area contributed by atoms with Crippen LogP contribution in [0.3, 0.4) is 0 Å². The van der Waals surface area contributed by atoms with Crippen molar-refractivity contribution in [3.63, 3.8) is 0 Å². The first kappa shape index (κ1) is 13.1. The van der Waals surface area contributed by atoms with E-state index in [1.165, 1.54) is 11.3 Å². The molecule has 0 atom stereocenters. The Bertz CT molecular complexity index is 736. The molecule has 3 aromatic rings. The van der Waals surface area contributed by atoms with Crippen molar-refractivity contribution in [3.05, 3.63) is 47.8 Å².